The Bertz CT molecular complexity index is 410. The first-order chi connectivity index (χ1) is 6.86. The number of rotatable bonds is 1. The predicted octanol–water partition coefficient (Wildman–Crippen LogP) is 4.79. The van der Waals surface area contributed by atoms with Crippen LogP contribution in [-0.4, -0.2) is 6.08 Å². The van der Waals surface area contributed by atoms with Crippen LogP contribution < -0.4 is 0 Å². The lowest BCUT2D eigenvalue weighted by molar-refractivity contribution is 0.565. The largest absolute Gasteiger partial charge is 0.240 e. The Morgan fingerprint density at radius 2 is 1.60 bits per heavy atom. The molecule has 0 aliphatic carbocycles. The molecule has 2 nitrogen and oxygen atoms in total. The molecule has 0 bridgehead atoms. The highest BCUT2D eigenvalue weighted by Gasteiger charge is 2.29. The van der Waals surface area contributed by atoms with E-state index in [0.717, 1.165) is 0 Å². The second-order valence-corrected chi connectivity index (χ2v) is 5.58. The van der Waals surface area contributed by atoms with Crippen LogP contribution in [0.1, 0.15) is 5.56 Å². The van der Waals surface area contributed by atoms with Gasteiger partial charge < -0.3 is 0 Å². The summed E-state index contributed by atoms with van der Waals surface area (Å²) in [5.74, 6) is 0. The van der Waals surface area contributed by atoms with Crippen molar-refractivity contribution in [2.24, 2.45) is 4.99 Å². The van der Waals surface area contributed by atoms with Gasteiger partial charge in [0.15, 0.2) is 0 Å². The zero-order chi connectivity index (χ0) is 11.6. The van der Waals surface area contributed by atoms with Gasteiger partial charge in [-0.15, -0.1) is 0 Å². The maximum absolute atomic E-state index is 10.0. The fourth-order valence-electron chi connectivity index (χ4n) is 0.948. The molecule has 0 atom stereocenters. The van der Waals surface area contributed by atoms with E-state index in [-0.39, 0.29) is 21.3 Å². The Hall–Kier alpha value is 0.0500. The SMILES string of the molecule is O=C=Nc1cc(Cl)c(C(Cl)(Cl)Cl)c(Cl)c1. The van der Waals surface area contributed by atoms with Gasteiger partial charge in [0.2, 0.25) is 9.87 Å². The molecule has 0 N–H and O–H groups in total. The molecule has 7 heteroatoms. The molecule has 0 spiro atoms. The lowest BCUT2D eigenvalue weighted by Gasteiger charge is -2.15. The van der Waals surface area contributed by atoms with E-state index in [0.29, 0.717) is 0 Å². The van der Waals surface area contributed by atoms with E-state index < -0.39 is 3.79 Å². The Morgan fingerprint density at radius 3 is 1.93 bits per heavy atom. The molecular formula is C8H2Cl5NO. The molecule has 0 aliphatic heterocycles. The van der Waals surface area contributed by atoms with Crippen LogP contribution in [0.15, 0.2) is 17.1 Å². The first-order valence-corrected chi connectivity index (χ1v) is 5.39. The number of aliphatic imine (C=N–C) groups is 1. The number of isocyanates is 1. The summed E-state index contributed by atoms with van der Waals surface area (Å²) in [6, 6.07) is 2.71. The Kier molecular flexibility index (Phi) is 4.30. The van der Waals surface area contributed by atoms with Crippen molar-refractivity contribution in [2.45, 2.75) is 3.79 Å². The van der Waals surface area contributed by atoms with Gasteiger partial charge in [-0.2, -0.15) is 4.99 Å². The van der Waals surface area contributed by atoms with Crippen molar-refractivity contribution in [3.8, 4) is 0 Å². The molecule has 0 heterocycles. The third-order valence-electron chi connectivity index (χ3n) is 1.49. The molecule has 0 aromatic heterocycles. The molecular weight excluding hydrogens is 303 g/mol. The van der Waals surface area contributed by atoms with Gasteiger partial charge in [0.05, 0.1) is 15.7 Å². The monoisotopic (exact) mass is 303 g/mol. The molecule has 0 saturated heterocycles. The summed E-state index contributed by atoms with van der Waals surface area (Å²) in [7, 11) is 0. The normalized spacial score (nSPS) is 11.0. The average molecular weight is 305 g/mol. The van der Waals surface area contributed by atoms with Crippen LogP contribution in [0, 0.1) is 0 Å². The second kappa shape index (κ2) is 4.92. The topological polar surface area (TPSA) is 29.4 Å². The number of hydrogen-bond donors (Lipinski definition) is 0. The van der Waals surface area contributed by atoms with Crippen LogP contribution in [0.25, 0.3) is 0 Å². The van der Waals surface area contributed by atoms with Crippen molar-refractivity contribution < 1.29 is 4.79 Å². The molecule has 15 heavy (non-hydrogen) atoms. The molecule has 1 rings (SSSR count). The standard InChI is InChI=1S/C8H2Cl5NO/c9-5-1-4(14-3-15)2-6(10)7(5)8(11,12)13/h1-2H. The first-order valence-electron chi connectivity index (χ1n) is 3.50. The van der Waals surface area contributed by atoms with Crippen LogP contribution >= 0.6 is 58.0 Å². The van der Waals surface area contributed by atoms with E-state index in [4.69, 9.17) is 58.0 Å². The van der Waals surface area contributed by atoms with Gasteiger partial charge in [0.25, 0.3) is 0 Å². The predicted molar refractivity (Wildman–Crippen MR) is 63.5 cm³/mol. The van der Waals surface area contributed by atoms with Crippen molar-refractivity contribution in [2.75, 3.05) is 0 Å². The summed E-state index contributed by atoms with van der Waals surface area (Å²) < 4.78 is -1.72. The lowest BCUT2D eigenvalue weighted by Crippen LogP contribution is -2.02. The van der Waals surface area contributed by atoms with Crippen LogP contribution in [0.4, 0.5) is 5.69 Å². The van der Waals surface area contributed by atoms with Crippen molar-refractivity contribution in [1.82, 2.24) is 0 Å². The number of halogens is 5. The average Bonchev–Trinajstić information content (AvgIpc) is 1.99. The third kappa shape index (κ3) is 3.25. The molecule has 1 aromatic rings. The lowest BCUT2D eigenvalue weighted by atomic mass is 10.2. The Balaban J connectivity index is 3.40. The molecule has 0 unspecified atom stereocenters. The molecule has 0 saturated carbocycles. The minimum Gasteiger partial charge on any atom is -0.211 e. The number of hydrogen-bond acceptors (Lipinski definition) is 2. The third-order valence-corrected chi connectivity index (χ3v) is 2.65. The zero-order valence-corrected chi connectivity index (χ0v) is 10.7. The highest BCUT2D eigenvalue weighted by molar-refractivity contribution is 6.67. The summed E-state index contributed by atoms with van der Waals surface area (Å²) >= 11 is 28.6. The first kappa shape index (κ1) is 13.1. The molecule has 0 aliphatic rings. The fourth-order valence-corrected chi connectivity index (χ4v) is 2.61. The van der Waals surface area contributed by atoms with Gasteiger partial charge in [-0.1, -0.05) is 58.0 Å². The molecule has 0 amide bonds. The maximum Gasteiger partial charge on any atom is 0.240 e. The van der Waals surface area contributed by atoms with Gasteiger partial charge in [-0.3, -0.25) is 0 Å². The van der Waals surface area contributed by atoms with Crippen LogP contribution in [-0.2, 0) is 8.59 Å². The van der Waals surface area contributed by atoms with E-state index in [1.807, 2.05) is 0 Å². The summed E-state index contributed by atoms with van der Waals surface area (Å²) in [5, 5.41) is 0.244. The van der Waals surface area contributed by atoms with Crippen LogP contribution in [0.5, 0.6) is 0 Å². The van der Waals surface area contributed by atoms with Crippen molar-refractivity contribution in [1.29, 1.82) is 0 Å². The van der Waals surface area contributed by atoms with Crippen molar-refractivity contribution in [3.05, 3.63) is 27.7 Å². The van der Waals surface area contributed by atoms with Crippen molar-refractivity contribution >= 4 is 69.8 Å². The van der Waals surface area contributed by atoms with E-state index >= 15 is 0 Å². The van der Waals surface area contributed by atoms with Gasteiger partial charge in [-0.25, -0.2) is 4.79 Å². The number of benzene rings is 1. The highest BCUT2D eigenvalue weighted by atomic mass is 35.6. The smallest absolute Gasteiger partial charge is 0.211 e. The minimum absolute atomic E-state index is 0.122. The summed E-state index contributed by atoms with van der Waals surface area (Å²) in [4.78, 5) is 13.4. The number of alkyl halides is 3. The Morgan fingerprint density at radius 1 is 1.13 bits per heavy atom. The fraction of sp³-hybridized carbons (Fsp3) is 0.125. The highest BCUT2D eigenvalue weighted by Crippen LogP contribution is 2.46. The number of nitrogens with zero attached hydrogens (tertiary/aromatic N) is 1. The van der Waals surface area contributed by atoms with Gasteiger partial charge in [-0.05, 0) is 12.1 Å². The minimum atomic E-state index is -1.72. The van der Waals surface area contributed by atoms with E-state index in [9.17, 15) is 4.79 Å². The van der Waals surface area contributed by atoms with Crippen LogP contribution in [0.3, 0.4) is 0 Å². The number of carbonyl (C=O) groups excluding carboxylic acids is 1. The maximum atomic E-state index is 10.0. The summed E-state index contributed by atoms with van der Waals surface area (Å²) in [6.45, 7) is 0. The van der Waals surface area contributed by atoms with Gasteiger partial charge in [0.1, 0.15) is 0 Å². The molecule has 1 aromatic carbocycles. The quantitative estimate of drug-likeness (QED) is 0.417. The van der Waals surface area contributed by atoms with Gasteiger partial charge >= 0.3 is 0 Å². The molecule has 0 fully saturated rings. The van der Waals surface area contributed by atoms with Crippen LogP contribution in [0.2, 0.25) is 10.0 Å². The van der Waals surface area contributed by atoms with E-state index in [1.165, 1.54) is 18.2 Å². The van der Waals surface area contributed by atoms with Crippen molar-refractivity contribution in [3.63, 3.8) is 0 Å². The zero-order valence-electron chi connectivity index (χ0n) is 6.90. The van der Waals surface area contributed by atoms with E-state index in [1.54, 1.807) is 0 Å². The molecule has 0 radical (unpaired) electrons. The summed E-state index contributed by atoms with van der Waals surface area (Å²) in [6.07, 6.45) is 1.36. The second-order valence-electron chi connectivity index (χ2n) is 2.49. The van der Waals surface area contributed by atoms with E-state index in [2.05, 4.69) is 4.99 Å². The van der Waals surface area contributed by atoms with Gasteiger partial charge in [0, 0.05) is 5.56 Å². The Labute approximate surface area is 111 Å². The summed E-state index contributed by atoms with van der Waals surface area (Å²) in [5.41, 5.74) is 0.402. The molecule has 80 valence electrons.